The highest BCUT2D eigenvalue weighted by atomic mass is 16.5. The molecule has 4 heterocycles. The molecular weight excluding hydrogens is 434 g/mol. The highest BCUT2D eigenvalue weighted by Crippen LogP contribution is 2.38. The Morgan fingerprint density at radius 2 is 1.94 bits per heavy atom. The van der Waals surface area contributed by atoms with Crippen molar-refractivity contribution in [3.63, 3.8) is 0 Å². The van der Waals surface area contributed by atoms with Crippen molar-refractivity contribution in [3.8, 4) is 34.2 Å². The third kappa shape index (κ3) is 4.65. The molecule has 0 unspecified atom stereocenters. The first-order chi connectivity index (χ1) is 17.1. The number of imidazole rings is 1. The summed E-state index contributed by atoms with van der Waals surface area (Å²) in [5, 5.41) is 9.28. The number of aromatic nitrogens is 3. The van der Waals surface area contributed by atoms with Gasteiger partial charge in [0.25, 0.3) is 0 Å². The monoisotopic (exact) mass is 465 g/mol. The van der Waals surface area contributed by atoms with Crippen LogP contribution in [0.3, 0.4) is 0 Å². The van der Waals surface area contributed by atoms with E-state index < -0.39 is 0 Å². The predicted molar refractivity (Wildman–Crippen MR) is 138 cm³/mol. The summed E-state index contributed by atoms with van der Waals surface area (Å²) in [6.07, 6.45) is 8.06. The van der Waals surface area contributed by atoms with Crippen LogP contribution in [0.4, 0.5) is 0 Å². The lowest BCUT2D eigenvalue weighted by Gasteiger charge is -2.31. The maximum Gasteiger partial charge on any atom is 0.145 e. The lowest BCUT2D eigenvalue weighted by Crippen LogP contribution is -2.37. The fourth-order valence-corrected chi connectivity index (χ4v) is 4.97. The summed E-state index contributed by atoms with van der Waals surface area (Å²) in [6.45, 7) is 10.4. The van der Waals surface area contributed by atoms with Crippen LogP contribution in [-0.4, -0.2) is 45.5 Å². The first-order valence-corrected chi connectivity index (χ1v) is 12.4. The Balaban J connectivity index is 1.60. The number of ether oxygens (including phenoxy) is 1. The second-order valence-corrected chi connectivity index (χ2v) is 9.45. The van der Waals surface area contributed by atoms with Crippen molar-refractivity contribution >= 4 is 5.52 Å². The van der Waals surface area contributed by atoms with Crippen molar-refractivity contribution < 1.29 is 4.74 Å². The predicted octanol–water partition coefficient (Wildman–Crippen LogP) is 5.66. The Bertz CT molecular complexity index is 1380. The van der Waals surface area contributed by atoms with E-state index in [-0.39, 0.29) is 0 Å². The van der Waals surface area contributed by atoms with Gasteiger partial charge in [-0.1, -0.05) is 19.1 Å². The van der Waals surface area contributed by atoms with Gasteiger partial charge >= 0.3 is 0 Å². The fourth-order valence-electron chi connectivity index (χ4n) is 4.97. The van der Waals surface area contributed by atoms with Crippen molar-refractivity contribution in [3.05, 3.63) is 71.9 Å². The molecule has 1 aliphatic heterocycles. The van der Waals surface area contributed by atoms with Gasteiger partial charge in [-0.2, -0.15) is 5.26 Å². The zero-order valence-corrected chi connectivity index (χ0v) is 20.7. The van der Waals surface area contributed by atoms with Crippen LogP contribution in [0.15, 0.2) is 55.1 Å². The van der Waals surface area contributed by atoms with Crippen LogP contribution in [0.5, 0.6) is 5.75 Å². The molecule has 6 heteroatoms. The summed E-state index contributed by atoms with van der Waals surface area (Å²) in [5.41, 5.74) is 7.82. The van der Waals surface area contributed by atoms with Gasteiger partial charge in [-0.15, -0.1) is 0 Å². The summed E-state index contributed by atoms with van der Waals surface area (Å²) in [7, 11) is 0. The van der Waals surface area contributed by atoms with Crippen LogP contribution in [0.1, 0.15) is 36.6 Å². The Morgan fingerprint density at radius 3 is 2.69 bits per heavy atom. The molecule has 35 heavy (non-hydrogen) atoms. The minimum atomic E-state index is 0.522. The van der Waals surface area contributed by atoms with Crippen LogP contribution in [0, 0.1) is 31.1 Å². The molecule has 1 fully saturated rings. The molecule has 0 bridgehead atoms. The van der Waals surface area contributed by atoms with Gasteiger partial charge in [-0.25, -0.2) is 4.98 Å². The molecule has 178 valence electrons. The maximum absolute atomic E-state index is 9.28. The fraction of sp³-hybridized carbons (Fsp3) is 0.345. The Morgan fingerprint density at radius 1 is 1.11 bits per heavy atom. The second-order valence-electron chi connectivity index (χ2n) is 9.45. The van der Waals surface area contributed by atoms with Gasteiger partial charge in [0, 0.05) is 35.5 Å². The smallest absolute Gasteiger partial charge is 0.145 e. The summed E-state index contributed by atoms with van der Waals surface area (Å²) < 4.78 is 8.60. The molecule has 0 amide bonds. The average Bonchev–Trinajstić information content (AvgIpc) is 3.39. The van der Waals surface area contributed by atoms with Gasteiger partial charge < -0.3 is 9.64 Å². The molecule has 6 nitrogen and oxygen atoms in total. The standard InChI is InChI=1S/C29H31N5O/c1-4-33-11-5-6-23(17-33)18-35-28-13-26(24-9-7-22(14-30)8-10-24)29(34-19-31-16-27(28)34)25-12-20(2)21(3)32-15-25/h7-10,12-13,15-16,19,23H,4-6,11,17-18H2,1-3H3/t23-/m1/s1. The number of hydrogen-bond acceptors (Lipinski definition) is 5. The number of likely N-dealkylation sites (tertiary alicyclic amines) is 1. The quantitative estimate of drug-likeness (QED) is 0.367. The summed E-state index contributed by atoms with van der Waals surface area (Å²) in [6, 6.07) is 14.2. The molecule has 4 aromatic rings. The summed E-state index contributed by atoms with van der Waals surface area (Å²) in [5.74, 6) is 1.35. The zero-order chi connectivity index (χ0) is 24.4. The lowest BCUT2D eigenvalue weighted by molar-refractivity contribution is 0.135. The van der Waals surface area contributed by atoms with Gasteiger partial charge in [0.1, 0.15) is 11.3 Å². The molecular formula is C29H31N5O. The molecule has 0 N–H and O–H groups in total. The third-order valence-electron chi connectivity index (χ3n) is 7.13. The minimum absolute atomic E-state index is 0.522. The first kappa shape index (κ1) is 23.1. The van der Waals surface area contributed by atoms with E-state index in [2.05, 4.69) is 51.3 Å². The molecule has 3 aromatic heterocycles. The molecule has 1 aromatic carbocycles. The van der Waals surface area contributed by atoms with E-state index in [1.807, 2.05) is 49.9 Å². The van der Waals surface area contributed by atoms with Gasteiger partial charge in [0.15, 0.2) is 0 Å². The van der Waals surface area contributed by atoms with Crippen LogP contribution in [-0.2, 0) is 0 Å². The number of fused-ring (bicyclic) bond motifs is 1. The average molecular weight is 466 g/mol. The van der Waals surface area contributed by atoms with Crippen molar-refractivity contribution in [2.75, 3.05) is 26.2 Å². The number of hydrogen-bond donors (Lipinski definition) is 0. The third-order valence-corrected chi connectivity index (χ3v) is 7.13. The normalized spacial score (nSPS) is 16.3. The molecule has 0 radical (unpaired) electrons. The number of nitriles is 1. The molecule has 5 rings (SSSR count). The lowest BCUT2D eigenvalue weighted by atomic mass is 9.97. The SMILES string of the molecule is CCN1CCC[C@@H](COc2cc(-c3ccc(C#N)cc3)c(-c3cnc(C)c(C)c3)n3cncc23)C1. The summed E-state index contributed by atoms with van der Waals surface area (Å²) in [4.78, 5) is 11.6. The van der Waals surface area contributed by atoms with Crippen LogP contribution in [0.25, 0.3) is 27.9 Å². The van der Waals surface area contributed by atoms with Crippen molar-refractivity contribution in [1.82, 2.24) is 19.3 Å². The van der Waals surface area contributed by atoms with Gasteiger partial charge in [-0.3, -0.25) is 9.38 Å². The number of piperidine rings is 1. The van der Waals surface area contributed by atoms with Crippen molar-refractivity contribution in [2.24, 2.45) is 5.92 Å². The Hall–Kier alpha value is -3.69. The molecule has 0 spiro atoms. The van der Waals surface area contributed by atoms with E-state index >= 15 is 0 Å². The molecule has 1 saturated heterocycles. The highest BCUT2D eigenvalue weighted by Gasteiger charge is 2.22. The summed E-state index contributed by atoms with van der Waals surface area (Å²) >= 11 is 0. The number of rotatable bonds is 6. The minimum Gasteiger partial charge on any atom is -0.491 e. The topological polar surface area (TPSA) is 66.5 Å². The number of benzene rings is 1. The van der Waals surface area contributed by atoms with E-state index in [1.54, 1.807) is 0 Å². The van der Waals surface area contributed by atoms with E-state index in [0.717, 1.165) is 58.0 Å². The number of aryl methyl sites for hydroxylation is 2. The van der Waals surface area contributed by atoms with Crippen LogP contribution >= 0.6 is 0 Å². The zero-order valence-electron chi connectivity index (χ0n) is 20.7. The molecule has 0 saturated carbocycles. The van der Waals surface area contributed by atoms with Crippen molar-refractivity contribution in [2.45, 2.75) is 33.6 Å². The highest BCUT2D eigenvalue weighted by molar-refractivity contribution is 5.86. The molecule has 1 aliphatic rings. The van der Waals surface area contributed by atoms with E-state index in [1.165, 1.54) is 19.4 Å². The van der Waals surface area contributed by atoms with E-state index in [0.29, 0.717) is 18.1 Å². The van der Waals surface area contributed by atoms with Gasteiger partial charge in [0.05, 0.1) is 36.5 Å². The number of nitrogens with zero attached hydrogens (tertiary/aromatic N) is 5. The Kier molecular flexibility index (Phi) is 6.52. The molecule has 1 atom stereocenters. The maximum atomic E-state index is 9.28. The van der Waals surface area contributed by atoms with Gasteiger partial charge in [-0.05, 0) is 75.2 Å². The van der Waals surface area contributed by atoms with Gasteiger partial charge in [0.2, 0.25) is 0 Å². The second kappa shape index (κ2) is 9.89. The van der Waals surface area contributed by atoms with Crippen LogP contribution < -0.4 is 4.74 Å². The van der Waals surface area contributed by atoms with Crippen molar-refractivity contribution in [1.29, 1.82) is 5.26 Å². The Labute approximate surface area is 206 Å². The number of pyridine rings is 2. The van der Waals surface area contributed by atoms with Crippen LogP contribution in [0.2, 0.25) is 0 Å². The first-order valence-electron chi connectivity index (χ1n) is 12.4. The van der Waals surface area contributed by atoms with E-state index in [9.17, 15) is 5.26 Å². The molecule has 0 aliphatic carbocycles. The van der Waals surface area contributed by atoms with E-state index in [4.69, 9.17) is 4.74 Å². The largest absolute Gasteiger partial charge is 0.491 e.